The van der Waals surface area contributed by atoms with E-state index in [1.165, 1.54) is 11.3 Å². The summed E-state index contributed by atoms with van der Waals surface area (Å²) in [4.78, 5) is 22.1. The summed E-state index contributed by atoms with van der Waals surface area (Å²) >= 11 is 1.52. The first-order valence-corrected chi connectivity index (χ1v) is 12.0. The lowest BCUT2D eigenvalue weighted by molar-refractivity contribution is -0.314. The first-order valence-electron chi connectivity index (χ1n) is 11.2. The molecule has 1 unspecified atom stereocenters. The number of carbonyl (C=O) groups is 1. The summed E-state index contributed by atoms with van der Waals surface area (Å²) in [5.74, 6) is -2.52. The van der Waals surface area contributed by atoms with Crippen molar-refractivity contribution in [3.63, 3.8) is 0 Å². The molecule has 34 heavy (non-hydrogen) atoms. The van der Waals surface area contributed by atoms with Gasteiger partial charge in [0.25, 0.3) is 6.10 Å². The molecule has 3 aliphatic heterocycles. The Hall–Kier alpha value is -1.64. The van der Waals surface area contributed by atoms with Crippen LogP contribution in [0.3, 0.4) is 0 Å². The normalized spacial score (nSPS) is 24.2. The van der Waals surface area contributed by atoms with E-state index in [-0.39, 0.29) is 13.0 Å². The van der Waals surface area contributed by atoms with Gasteiger partial charge in [0.1, 0.15) is 0 Å². The van der Waals surface area contributed by atoms with Crippen molar-refractivity contribution in [3.05, 3.63) is 11.1 Å². The number of esters is 1. The number of halogens is 6. The molecule has 3 saturated heterocycles. The summed E-state index contributed by atoms with van der Waals surface area (Å²) in [6, 6.07) is 0. The number of rotatable bonds is 5. The van der Waals surface area contributed by atoms with Gasteiger partial charge in [-0.05, 0) is 32.4 Å². The Labute approximate surface area is 196 Å². The van der Waals surface area contributed by atoms with Crippen LogP contribution in [0.1, 0.15) is 24.1 Å². The highest BCUT2D eigenvalue weighted by Gasteiger charge is 2.61. The van der Waals surface area contributed by atoms with Crippen LogP contribution in [0, 0.1) is 5.92 Å². The van der Waals surface area contributed by atoms with E-state index in [0.717, 1.165) is 36.2 Å². The molecule has 4 heterocycles. The Morgan fingerprint density at radius 3 is 2.35 bits per heavy atom. The number of carbonyl (C=O) groups excluding carboxylic acids is 1. The summed E-state index contributed by atoms with van der Waals surface area (Å²) in [6.45, 7) is 5.16. The number of alkyl halides is 6. The maximum Gasteiger partial charge on any atom is 0.434 e. The summed E-state index contributed by atoms with van der Waals surface area (Å²) in [5.41, 5.74) is -0.486. The molecule has 1 spiro atoms. The van der Waals surface area contributed by atoms with Crippen LogP contribution in [0.15, 0.2) is 6.20 Å². The number of aromatic nitrogens is 1. The predicted molar refractivity (Wildman–Crippen MR) is 113 cm³/mol. The Balaban J connectivity index is 1.48. The number of thiazole rings is 1. The maximum atomic E-state index is 12.9. The van der Waals surface area contributed by atoms with Gasteiger partial charge in [-0.25, -0.2) is 4.98 Å². The molecule has 14 heteroatoms. The van der Waals surface area contributed by atoms with Gasteiger partial charge in [-0.3, -0.25) is 9.69 Å². The third kappa shape index (κ3) is 5.60. The second-order valence-electron chi connectivity index (χ2n) is 9.00. The number of piperazine rings is 1. The molecule has 7 nitrogen and oxygen atoms in total. The summed E-state index contributed by atoms with van der Waals surface area (Å²) < 4.78 is 81.4. The van der Waals surface area contributed by atoms with Gasteiger partial charge in [0.2, 0.25) is 0 Å². The van der Waals surface area contributed by atoms with Crippen LogP contribution in [-0.4, -0.2) is 85.7 Å². The first-order chi connectivity index (χ1) is 16.0. The van der Waals surface area contributed by atoms with Crippen molar-refractivity contribution in [2.24, 2.45) is 5.92 Å². The highest BCUT2D eigenvalue weighted by Crippen LogP contribution is 2.43. The zero-order valence-corrected chi connectivity index (χ0v) is 19.2. The molecule has 1 aromatic heterocycles. The molecule has 1 aromatic rings. The van der Waals surface area contributed by atoms with Crippen molar-refractivity contribution in [2.75, 3.05) is 50.7 Å². The second-order valence-corrected chi connectivity index (χ2v) is 10.1. The van der Waals surface area contributed by atoms with Crippen LogP contribution in [0.5, 0.6) is 0 Å². The monoisotopic (exact) mass is 515 g/mol. The number of nitrogens with one attached hydrogen (secondary N) is 2. The summed E-state index contributed by atoms with van der Waals surface area (Å²) in [7, 11) is 0. The minimum absolute atomic E-state index is 0.0438. The first kappa shape index (κ1) is 25.5. The number of nitrogens with zero attached hydrogens (tertiary/aromatic N) is 3. The van der Waals surface area contributed by atoms with E-state index in [0.29, 0.717) is 32.5 Å². The fourth-order valence-corrected chi connectivity index (χ4v) is 5.98. The molecule has 1 atom stereocenters. The Morgan fingerprint density at radius 1 is 1.12 bits per heavy atom. The molecule has 0 aliphatic carbocycles. The topological polar surface area (TPSA) is 69.7 Å². The van der Waals surface area contributed by atoms with E-state index in [4.69, 9.17) is 0 Å². The lowest BCUT2D eigenvalue weighted by Gasteiger charge is -2.41. The SMILES string of the molecule is O=C(OC(C(F)(F)F)C(F)(F)F)C1CN(Cc2cnc(N3CCNCC3)s2)C2(CCNCC2)C1. The molecule has 0 amide bonds. The lowest BCUT2D eigenvalue weighted by Crippen LogP contribution is -2.50. The summed E-state index contributed by atoms with van der Waals surface area (Å²) in [5, 5.41) is 7.37. The van der Waals surface area contributed by atoms with E-state index in [9.17, 15) is 31.1 Å². The molecule has 0 saturated carbocycles. The fourth-order valence-electron chi connectivity index (χ4n) is 5.01. The minimum atomic E-state index is -5.72. The van der Waals surface area contributed by atoms with E-state index in [1.54, 1.807) is 6.20 Å². The van der Waals surface area contributed by atoms with Crippen molar-refractivity contribution in [3.8, 4) is 0 Å². The average molecular weight is 516 g/mol. The molecular formula is C20H27F6N5O2S. The molecule has 0 bridgehead atoms. The lowest BCUT2D eigenvalue weighted by atomic mass is 9.83. The van der Waals surface area contributed by atoms with Gasteiger partial charge in [0.05, 0.1) is 5.92 Å². The molecule has 0 aromatic carbocycles. The average Bonchev–Trinajstić information content (AvgIpc) is 3.37. The van der Waals surface area contributed by atoms with Gasteiger partial charge < -0.3 is 20.3 Å². The zero-order valence-electron chi connectivity index (χ0n) is 18.3. The number of hydrogen-bond acceptors (Lipinski definition) is 8. The van der Waals surface area contributed by atoms with Crippen LogP contribution in [0.25, 0.3) is 0 Å². The van der Waals surface area contributed by atoms with Crippen molar-refractivity contribution < 1.29 is 35.9 Å². The molecule has 3 aliphatic rings. The van der Waals surface area contributed by atoms with Gasteiger partial charge >= 0.3 is 18.3 Å². The third-order valence-electron chi connectivity index (χ3n) is 6.71. The van der Waals surface area contributed by atoms with Crippen LogP contribution >= 0.6 is 11.3 Å². The van der Waals surface area contributed by atoms with E-state index < -0.39 is 35.9 Å². The van der Waals surface area contributed by atoms with Crippen molar-refractivity contribution in [1.82, 2.24) is 20.5 Å². The molecule has 3 fully saturated rings. The minimum Gasteiger partial charge on any atom is -0.442 e. The number of hydrogen-bond donors (Lipinski definition) is 2. The van der Waals surface area contributed by atoms with Gasteiger partial charge in [0.15, 0.2) is 5.13 Å². The standard InChI is InChI=1S/C20H27F6N5O2S/c21-19(22,23)16(20(24,25)26)33-15(32)13-9-18(1-3-27-4-2-18)31(11-13)12-14-10-29-17(34-14)30-7-5-28-6-8-30/h10,13,16,27-28H,1-9,11-12H2. The highest BCUT2D eigenvalue weighted by molar-refractivity contribution is 7.15. The third-order valence-corrected chi connectivity index (χ3v) is 7.75. The van der Waals surface area contributed by atoms with E-state index in [1.807, 2.05) is 4.90 Å². The second kappa shape index (κ2) is 9.78. The van der Waals surface area contributed by atoms with Gasteiger partial charge in [0, 0.05) is 55.9 Å². The predicted octanol–water partition coefficient (Wildman–Crippen LogP) is 2.53. The fraction of sp³-hybridized carbons (Fsp3) is 0.800. The zero-order chi connectivity index (χ0) is 24.6. The van der Waals surface area contributed by atoms with E-state index >= 15 is 0 Å². The molecule has 2 N–H and O–H groups in total. The van der Waals surface area contributed by atoms with Crippen molar-refractivity contribution >= 4 is 22.4 Å². The number of likely N-dealkylation sites (tertiary alicyclic amines) is 1. The van der Waals surface area contributed by atoms with Gasteiger partial charge in [-0.1, -0.05) is 0 Å². The Kier molecular flexibility index (Phi) is 7.32. The number of piperidine rings is 1. The quantitative estimate of drug-likeness (QED) is 0.462. The van der Waals surface area contributed by atoms with Crippen LogP contribution in [0.2, 0.25) is 0 Å². The van der Waals surface area contributed by atoms with Crippen LogP contribution in [-0.2, 0) is 16.1 Å². The molecule has 192 valence electrons. The Bertz CT molecular complexity index is 837. The van der Waals surface area contributed by atoms with Crippen LogP contribution in [0.4, 0.5) is 31.5 Å². The molecular weight excluding hydrogens is 488 g/mol. The smallest absolute Gasteiger partial charge is 0.434 e. The van der Waals surface area contributed by atoms with Crippen molar-refractivity contribution in [1.29, 1.82) is 0 Å². The number of anilines is 1. The largest absolute Gasteiger partial charge is 0.442 e. The number of ether oxygens (including phenoxy) is 1. The summed E-state index contributed by atoms with van der Waals surface area (Å²) in [6.07, 6.45) is -12.4. The molecule has 0 radical (unpaired) electrons. The van der Waals surface area contributed by atoms with Crippen molar-refractivity contribution in [2.45, 2.75) is 49.8 Å². The van der Waals surface area contributed by atoms with Gasteiger partial charge in [-0.15, -0.1) is 11.3 Å². The van der Waals surface area contributed by atoms with Gasteiger partial charge in [-0.2, -0.15) is 26.3 Å². The van der Waals surface area contributed by atoms with Crippen LogP contribution < -0.4 is 15.5 Å². The Morgan fingerprint density at radius 2 is 1.74 bits per heavy atom. The molecule has 4 rings (SSSR count). The highest BCUT2D eigenvalue weighted by atomic mass is 32.1. The maximum absolute atomic E-state index is 12.9. The van der Waals surface area contributed by atoms with E-state index in [2.05, 4.69) is 25.3 Å².